The summed E-state index contributed by atoms with van der Waals surface area (Å²) in [6.07, 6.45) is 1.66. The minimum absolute atomic E-state index is 0.146. The number of hydrogen-bond donors (Lipinski definition) is 1. The number of amides is 1. The van der Waals surface area contributed by atoms with Gasteiger partial charge in [0.25, 0.3) is 5.91 Å². The molecule has 0 aliphatic rings. The number of pyridine rings is 1. The number of carbonyl (C=O) groups excluding carboxylic acids is 1. The van der Waals surface area contributed by atoms with E-state index >= 15 is 0 Å². The van der Waals surface area contributed by atoms with Gasteiger partial charge in [-0.3, -0.25) is 9.78 Å². The van der Waals surface area contributed by atoms with Crippen molar-refractivity contribution in [3.63, 3.8) is 0 Å². The highest BCUT2D eigenvalue weighted by molar-refractivity contribution is 6.32. The first kappa shape index (κ1) is 18.2. The summed E-state index contributed by atoms with van der Waals surface area (Å²) in [5.74, 6) is 0.535. The number of carbonyl (C=O) groups is 1. The number of methoxy groups -OCH3 is 1. The van der Waals surface area contributed by atoms with E-state index in [1.807, 2.05) is 26.0 Å². The van der Waals surface area contributed by atoms with Crippen LogP contribution in [0.4, 0.5) is 0 Å². The highest BCUT2D eigenvalue weighted by Gasteiger charge is 2.20. The summed E-state index contributed by atoms with van der Waals surface area (Å²) in [7, 11) is 4.99. The lowest BCUT2D eigenvalue weighted by atomic mass is 9.95. The summed E-state index contributed by atoms with van der Waals surface area (Å²) < 4.78 is 5.60. The summed E-state index contributed by atoms with van der Waals surface area (Å²) in [6.45, 7) is 3.80. The molecule has 0 aliphatic heterocycles. The zero-order valence-corrected chi connectivity index (χ0v) is 15.3. The SMILES string of the molecule is COc1c(C(C)N)cc(Cl)c(C)c1-c1ccc(C(=O)N(C)C)nc1. The Kier molecular flexibility index (Phi) is 5.47. The second kappa shape index (κ2) is 7.20. The third-order valence-corrected chi connectivity index (χ3v) is 4.27. The van der Waals surface area contributed by atoms with Crippen molar-refractivity contribution in [1.82, 2.24) is 9.88 Å². The van der Waals surface area contributed by atoms with E-state index in [4.69, 9.17) is 22.1 Å². The molecule has 0 bridgehead atoms. The van der Waals surface area contributed by atoms with Gasteiger partial charge in [-0.15, -0.1) is 0 Å². The van der Waals surface area contributed by atoms with E-state index in [0.29, 0.717) is 16.5 Å². The lowest BCUT2D eigenvalue weighted by molar-refractivity contribution is 0.0822. The van der Waals surface area contributed by atoms with Gasteiger partial charge in [0.15, 0.2) is 0 Å². The van der Waals surface area contributed by atoms with Gasteiger partial charge in [0.1, 0.15) is 11.4 Å². The Labute approximate surface area is 147 Å². The molecule has 6 heteroatoms. The summed E-state index contributed by atoms with van der Waals surface area (Å²) in [6, 6.07) is 5.15. The monoisotopic (exact) mass is 347 g/mol. The van der Waals surface area contributed by atoms with Gasteiger partial charge in [-0.2, -0.15) is 0 Å². The second-order valence-corrected chi connectivity index (χ2v) is 6.31. The standard InChI is InChI=1S/C18H22ClN3O2/c1-10-14(19)8-13(11(2)20)17(24-5)16(10)12-6-7-15(21-9-12)18(23)22(3)4/h6-9,11H,20H2,1-5H3. The van der Waals surface area contributed by atoms with E-state index in [9.17, 15) is 4.79 Å². The molecular weight excluding hydrogens is 326 g/mol. The van der Waals surface area contributed by atoms with E-state index < -0.39 is 0 Å². The van der Waals surface area contributed by atoms with Gasteiger partial charge >= 0.3 is 0 Å². The lowest BCUT2D eigenvalue weighted by Crippen LogP contribution is -2.22. The van der Waals surface area contributed by atoms with Crippen molar-refractivity contribution in [3.05, 3.63) is 46.2 Å². The Morgan fingerprint density at radius 1 is 1.38 bits per heavy atom. The van der Waals surface area contributed by atoms with Crippen LogP contribution in [0, 0.1) is 6.92 Å². The van der Waals surface area contributed by atoms with E-state index in [2.05, 4.69) is 4.98 Å². The van der Waals surface area contributed by atoms with Gasteiger partial charge in [0.05, 0.1) is 7.11 Å². The molecule has 2 rings (SSSR count). The van der Waals surface area contributed by atoms with Crippen molar-refractivity contribution >= 4 is 17.5 Å². The molecule has 1 amide bonds. The number of hydrogen-bond acceptors (Lipinski definition) is 4. The Morgan fingerprint density at radius 2 is 2.04 bits per heavy atom. The predicted molar refractivity (Wildman–Crippen MR) is 96.6 cm³/mol. The van der Waals surface area contributed by atoms with Crippen LogP contribution in [0.1, 0.15) is 34.6 Å². The van der Waals surface area contributed by atoms with Crippen LogP contribution in [-0.2, 0) is 0 Å². The molecule has 2 aromatic rings. The number of ether oxygens (including phenoxy) is 1. The number of aromatic nitrogens is 1. The average Bonchev–Trinajstić information content (AvgIpc) is 2.55. The van der Waals surface area contributed by atoms with Crippen molar-refractivity contribution < 1.29 is 9.53 Å². The zero-order valence-electron chi connectivity index (χ0n) is 14.6. The minimum atomic E-state index is -0.223. The van der Waals surface area contributed by atoms with Crippen LogP contribution in [0.25, 0.3) is 11.1 Å². The van der Waals surface area contributed by atoms with Gasteiger partial charge in [0.2, 0.25) is 0 Å². The third-order valence-electron chi connectivity index (χ3n) is 3.88. The number of benzene rings is 1. The van der Waals surface area contributed by atoms with E-state index in [0.717, 1.165) is 22.3 Å². The molecule has 1 atom stereocenters. The Morgan fingerprint density at radius 3 is 2.50 bits per heavy atom. The minimum Gasteiger partial charge on any atom is -0.496 e. The van der Waals surface area contributed by atoms with Crippen molar-refractivity contribution in [2.45, 2.75) is 19.9 Å². The molecule has 0 spiro atoms. The first-order valence-corrected chi connectivity index (χ1v) is 7.96. The number of nitrogens with two attached hydrogens (primary N) is 1. The van der Waals surface area contributed by atoms with Crippen LogP contribution in [-0.4, -0.2) is 37.0 Å². The van der Waals surface area contributed by atoms with Crippen molar-refractivity contribution in [3.8, 4) is 16.9 Å². The topological polar surface area (TPSA) is 68.5 Å². The highest BCUT2D eigenvalue weighted by atomic mass is 35.5. The average molecular weight is 348 g/mol. The molecule has 24 heavy (non-hydrogen) atoms. The highest BCUT2D eigenvalue weighted by Crippen LogP contribution is 2.41. The fourth-order valence-corrected chi connectivity index (χ4v) is 2.76. The predicted octanol–water partition coefficient (Wildman–Crippen LogP) is 3.44. The van der Waals surface area contributed by atoms with Crippen LogP contribution in [0.3, 0.4) is 0 Å². The molecule has 0 saturated heterocycles. The molecule has 1 heterocycles. The maximum Gasteiger partial charge on any atom is 0.271 e. The van der Waals surface area contributed by atoms with Gasteiger partial charge in [0, 0.05) is 48.0 Å². The molecule has 1 unspecified atom stereocenters. The molecule has 0 aliphatic carbocycles. The van der Waals surface area contributed by atoms with Gasteiger partial charge < -0.3 is 15.4 Å². The molecule has 1 aromatic carbocycles. The van der Waals surface area contributed by atoms with Crippen molar-refractivity contribution in [1.29, 1.82) is 0 Å². The zero-order chi connectivity index (χ0) is 18.0. The molecule has 5 nitrogen and oxygen atoms in total. The number of nitrogens with zero attached hydrogens (tertiary/aromatic N) is 2. The summed E-state index contributed by atoms with van der Waals surface area (Å²) in [4.78, 5) is 17.7. The Balaban J connectivity index is 2.61. The van der Waals surface area contributed by atoms with Crippen LogP contribution < -0.4 is 10.5 Å². The second-order valence-electron chi connectivity index (χ2n) is 5.90. The smallest absolute Gasteiger partial charge is 0.271 e. The van der Waals surface area contributed by atoms with E-state index in [-0.39, 0.29) is 11.9 Å². The lowest BCUT2D eigenvalue weighted by Gasteiger charge is -2.20. The maximum absolute atomic E-state index is 12.0. The quantitative estimate of drug-likeness (QED) is 0.919. The van der Waals surface area contributed by atoms with Gasteiger partial charge in [-0.1, -0.05) is 17.7 Å². The maximum atomic E-state index is 12.0. The third kappa shape index (κ3) is 3.37. The number of halogens is 1. The van der Waals surface area contributed by atoms with Crippen LogP contribution in [0.15, 0.2) is 24.4 Å². The molecule has 128 valence electrons. The number of rotatable bonds is 4. The molecule has 0 radical (unpaired) electrons. The molecule has 1 aromatic heterocycles. The summed E-state index contributed by atoms with van der Waals surface area (Å²) in [5, 5.41) is 0.617. The van der Waals surface area contributed by atoms with Crippen molar-refractivity contribution in [2.24, 2.45) is 5.73 Å². The fraction of sp³-hybridized carbons (Fsp3) is 0.333. The Hall–Kier alpha value is -2.11. The first-order valence-electron chi connectivity index (χ1n) is 7.58. The normalized spacial score (nSPS) is 12.0. The summed E-state index contributed by atoms with van der Waals surface area (Å²) >= 11 is 6.37. The van der Waals surface area contributed by atoms with Crippen LogP contribution in [0.2, 0.25) is 5.02 Å². The fourth-order valence-electron chi connectivity index (χ4n) is 2.55. The van der Waals surface area contributed by atoms with Crippen LogP contribution in [0.5, 0.6) is 5.75 Å². The molecule has 0 fully saturated rings. The van der Waals surface area contributed by atoms with E-state index in [1.165, 1.54) is 4.90 Å². The van der Waals surface area contributed by atoms with Gasteiger partial charge in [-0.25, -0.2) is 0 Å². The largest absolute Gasteiger partial charge is 0.496 e. The Bertz CT molecular complexity index is 756. The van der Waals surface area contributed by atoms with E-state index in [1.54, 1.807) is 33.5 Å². The molecule has 2 N–H and O–H groups in total. The summed E-state index contributed by atoms with van der Waals surface area (Å²) in [5.41, 5.74) is 9.81. The molecule has 0 saturated carbocycles. The molecular formula is C18H22ClN3O2. The van der Waals surface area contributed by atoms with Crippen molar-refractivity contribution in [2.75, 3.05) is 21.2 Å². The van der Waals surface area contributed by atoms with Gasteiger partial charge in [-0.05, 0) is 31.5 Å². The van der Waals surface area contributed by atoms with Crippen LogP contribution >= 0.6 is 11.6 Å². The first-order chi connectivity index (χ1) is 11.3.